The number of nitrogens with zero attached hydrogens (tertiary/aromatic N) is 1. The van der Waals surface area contributed by atoms with Gasteiger partial charge in [0.2, 0.25) is 5.91 Å². The van der Waals surface area contributed by atoms with Crippen molar-refractivity contribution >= 4 is 45.6 Å². The smallest absolute Gasteiger partial charge is 0.221 e. The molecule has 2 heterocycles. The molecule has 1 aromatic heterocycles. The van der Waals surface area contributed by atoms with E-state index < -0.39 is 0 Å². The quantitative estimate of drug-likeness (QED) is 0.729. The number of aromatic nitrogens is 1. The SMILES string of the molecule is CC(=O)Nc1cccc(Nc2c3c(nc4ccccc24)CSC3)c1. The predicted molar refractivity (Wildman–Crippen MR) is 101 cm³/mol. The number of carbonyl (C=O) groups is 1. The van der Waals surface area contributed by atoms with Crippen LogP contribution in [0.4, 0.5) is 17.1 Å². The number of nitrogens with one attached hydrogen (secondary N) is 2. The van der Waals surface area contributed by atoms with E-state index in [-0.39, 0.29) is 5.91 Å². The highest BCUT2D eigenvalue weighted by atomic mass is 32.2. The van der Waals surface area contributed by atoms with Crippen LogP contribution in [-0.2, 0) is 16.3 Å². The van der Waals surface area contributed by atoms with Crippen LogP contribution in [-0.4, -0.2) is 10.9 Å². The molecule has 1 aliphatic heterocycles. The Morgan fingerprint density at radius 2 is 1.92 bits per heavy atom. The Balaban J connectivity index is 1.78. The number of anilines is 3. The van der Waals surface area contributed by atoms with Gasteiger partial charge in [-0.3, -0.25) is 9.78 Å². The molecule has 4 nitrogen and oxygen atoms in total. The highest BCUT2D eigenvalue weighted by Crippen LogP contribution is 2.39. The fourth-order valence-corrected chi connectivity index (χ4v) is 4.04. The minimum atomic E-state index is -0.0706. The van der Waals surface area contributed by atoms with E-state index >= 15 is 0 Å². The van der Waals surface area contributed by atoms with Gasteiger partial charge in [0.1, 0.15) is 0 Å². The summed E-state index contributed by atoms with van der Waals surface area (Å²) in [6.07, 6.45) is 0. The van der Waals surface area contributed by atoms with Crippen LogP contribution in [0.2, 0.25) is 0 Å². The minimum absolute atomic E-state index is 0.0706. The zero-order valence-corrected chi connectivity index (χ0v) is 14.1. The standard InChI is InChI=1S/C19H17N3OS/c1-12(23)20-13-5-4-6-14(9-13)21-19-15-7-2-3-8-17(15)22-18-11-24-10-16(18)19/h2-9H,10-11H2,1H3,(H,20,23)(H,21,22). The summed E-state index contributed by atoms with van der Waals surface area (Å²) in [6, 6.07) is 16.0. The Labute approximate surface area is 144 Å². The second-order valence-electron chi connectivity index (χ2n) is 5.81. The zero-order valence-electron chi connectivity index (χ0n) is 13.3. The molecule has 0 fully saturated rings. The molecule has 0 atom stereocenters. The number of rotatable bonds is 3. The molecular formula is C19H17N3OS. The molecule has 3 aromatic rings. The molecule has 2 aromatic carbocycles. The van der Waals surface area contributed by atoms with E-state index in [4.69, 9.17) is 4.98 Å². The van der Waals surface area contributed by atoms with E-state index in [2.05, 4.69) is 22.8 Å². The van der Waals surface area contributed by atoms with Crippen LogP contribution in [0.25, 0.3) is 10.9 Å². The fourth-order valence-electron chi connectivity index (χ4n) is 2.99. The van der Waals surface area contributed by atoms with Crippen molar-refractivity contribution in [3.05, 3.63) is 59.8 Å². The van der Waals surface area contributed by atoms with Gasteiger partial charge in [-0.2, -0.15) is 11.8 Å². The summed E-state index contributed by atoms with van der Waals surface area (Å²) in [6.45, 7) is 1.51. The van der Waals surface area contributed by atoms with Crippen LogP contribution in [0.1, 0.15) is 18.2 Å². The van der Waals surface area contributed by atoms with Gasteiger partial charge in [-0.1, -0.05) is 24.3 Å². The average Bonchev–Trinajstić information content (AvgIpc) is 3.02. The lowest BCUT2D eigenvalue weighted by Gasteiger charge is -2.15. The summed E-state index contributed by atoms with van der Waals surface area (Å²) in [5, 5.41) is 7.51. The number of hydrogen-bond donors (Lipinski definition) is 2. The van der Waals surface area contributed by atoms with Crippen molar-refractivity contribution in [3.63, 3.8) is 0 Å². The van der Waals surface area contributed by atoms with Gasteiger partial charge >= 0.3 is 0 Å². The molecule has 0 spiro atoms. The van der Waals surface area contributed by atoms with Gasteiger partial charge in [-0.15, -0.1) is 0 Å². The molecule has 0 saturated carbocycles. The van der Waals surface area contributed by atoms with E-state index in [0.717, 1.165) is 39.5 Å². The van der Waals surface area contributed by atoms with Gasteiger partial charge in [0.15, 0.2) is 0 Å². The largest absolute Gasteiger partial charge is 0.355 e. The molecule has 120 valence electrons. The Morgan fingerprint density at radius 1 is 1.08 bits per heavy atom. The maximum absolute atomic E-state index is 11.3. The van der Waals surface area contributed by atoms with Gasteiger partial charge in [0.05, 0.1) is 16.9 Å². The Hall–Kier alpha value is -2.53. The number of hydrogen-bond acceptors (Lipinski definition) is 4. The Bertz CT molecular complexity index is 939. The monoisotopic (exact) mass is 335 g/mol. The number of carbonyl (C=O) groups excluding carboxylic acids is 1. The normalized spacial score (nSPS) is 12.9. The summed E-state index contributed by atoms with van der Waals surface area (Å²) >= 11 is 1.89. The van der Waals surface area contributed by atoms with Crippen molar-refractivity contribution in [3.8, 4) is 0 Å². The van der Waals surface area contributed by atoms with Gasteiger partial charge in [-0.05, 0) is 24.3 Å². The van der Waals surface area contributed by atoms with Gasteiger partial charge in [-0.25, -0.2) is 0 Å². The van der Waals surface area contributed by atoms with Crippen LogP contribution in [0.5, 0.6) is 0 Å². The molecule has 0 radical (unpaired) electrons. The van der Waals surface area contributed by atoms with E-state index in [0.29, 0.717) is 0 Å². The highest BCUT2D eigenvalue weighted by molar-refractivity contribution is 7.98. The summed E-state index contributed by atoms with van der Waals surface area (Å²) in [4.78, 5) is 16.1. The first-order valence-electron chi connectivity index (χ1n) is 7.83. The molecule has 24 heavy (non-hydrogen) atoms. The molecule has 4 rings (SSSR count). The first kappa shape index (κ1) is 15.0. The summed E-state index contributed by atoms with van der Waals surface area (Å²) in [5.41, 5.74) is 6.33. The Morgan fingerprint density at radius 3 is 2.79 bits per heavy atom. The molecule has 1 amide bonds. The van der Waals surface area contributed by atoms with Crippen molar-refractivity contribution in [2.24, 2.45) is 0 Å². The van der Waals surface area contributed by atoms with E-state index in [9.17, 15) is 4.79 Å². The van der Waals surface area contributed by atoms with Crippen LogP contribution in [0.3, 0.4) is 0 Å². The third-order valence-corrected chi connectivity index (χ3v) is 4.99. The number of pyridine rings is 1. The van der Waals surface area contributed by atoms with Crippen LogP contribution >= 0.6 is 11.8 Å². The first-order chi connectivity index (χ1) is 11.7. The molecule has 0 bridgehead atoms. The lowest BCUT2D eigenvalue weighted by atomic mass is 10.1. The number of benzene rings is 2. The van der Waals surface area contributed by atoms with Crippen LogP contribution in [0, 0.1) is 0 Å². The van der Waals surface area contributed by atoms with Crippen molar-refractivity contribution in [1.82, 2.24) is 4.98 Å². The Kier molecular flexibility index (Phi) is 3.86. The maximum Gasteiger partial charge on any atom is 0.221 e. The lowest BCUT2D eigenvalue weighted by molar-refractivity contribution is -0.114. The molecular weight excluding hydrogens is 318 g/mol. The number of amides is 1. The topological polar surface area (TPSA) is 54.0 Å². The molecule has 0 saturated heterocycles. The predicted octanol–water partition coefficient (Wildman–Crippen LogP) is 4.68. The molecule has 1 aliphatic rings. The maximum atomic E-state index is 11.3. The van der Waals surface area contributed by atoms with Crippen molar-refractivity contribution in [2.45, 2.75) is 18.4 Å². The van der Waals surface area contributed by atoms with Gasteiger partial charge in [0.25, 0.3) is 0 Å². The fraction of sp³-hybridized carbons (Fsp3) is 0.158. The summed E-state index contributed by atoms with van der Waals surface area (Å²) in [5.74, 6) is 1.86. The molecule has 0 unspecified atom stereocenters. The van der Waals surface area contributed by atoms with Crippen LogP contribution < -0.4 is 10.6 Å². The number of para-hydroxylation sites is 1. The second kappa shape index (κ2) is 6.17. The average molecular weight is 335 g/mol. The summed E-state index contributed by atoms with van der Waals surface area (Å²) in [7, 11) is 0. The number of fused-ring (bicyclic) bond motifs is 2. The summed E-state index contributed by atoms with van der Waals surface area (Å²) < 4.78 is 0. The van der Waals surface area contributed by atoms with Gasteiger partial charge < -0.3 is 10.6 Å². The molecule has 5 heteroatoms. The van der Waals surface area contributed by atoms with Crippen molar-refractivity contribution < 1.29 is 4.79 Å². The molecule has 0 aliphatic carbocycles. The molecule has 2 N–H and O–H groups in total. The van der Waals surface area contributed by atoms with E-state index in [1.54, 1.807) is 0 Å². The highest BCUT2D eigenvalue weighted by Gasteiger charge is 2.20. The number of thioether (sulfide) groups is 1. The van der Waals surface area contributed by atoms with Gasteiger partial charge in [0, 0.05) is 40.8 Å². The van der Waals surface area contributed by atoms with E-state index in [1.165, 1.54) is 18.2 Å². The van der Waals surface area contributed by atoms with E-state index in [1.807, 2.05) is 48.2 Å². The first-order valence-corrected chi connectivity index (χ1v) is 8.99. The second-order valence-corrected chi connectivity index (χ2v) is 6.79. The minimum Gasteiger partial charge on any atom is -0.355 e. The third-order valence-electron chi connectivity index (χ3n) is 4.02. The van der Waals surface area contributed by atoms with Crippen molar-refractivity contribution in [1.29, 1.82) is 0 Å². The van der Waals surface area contributed by atoms with Crippen LogP contribution in [0.15, 0.2) is 48.5 Å². The van der Waals surface area contributed by atoms with Crippen molar-refractivity contribution in [2.75, 3.05) is 10.6 Å². The zero-order chi connectivity index (χ0) is 16.5. The lowest BCUT2D eigenvalue weighted by Crippen LogP contribution is -2.06. The third kappa shape index (κ3) is 2.83.